The minimum Gasteiger partial charge on any atom is -0.424 e. The first-order valence-electron chi connectivity index (χ1n) is 8.40. The molecule has 26 heavy (non-hydrogen) atoms. The number of nitrogens with zero attached hydrogens (tertiary/aromatic N) is 3. The van der Waals surface area contributed by atoms with E-state index in [-0.39, 0.29) is 11.9 Å². The smallest absolute Gasteiger partial charge is 0.292 e. The SMILES string of the molecule is CC(=O)Nc1cccn2c(C)c(CCc3ccc4nc(N)oc4c3)nc12. The Bertz CT molecular complexity index is 1130. The molecule has 0 saturated carbocycles. The first-order valence-corrected chi connectivity index (χ1v) is 8.40. The van der Waals surface area contributed by atoms with Gasteiger partial charge < -0.3 is 19.9 Å². The zero-order valence-electron chi connectivity index (χ0n) is 14.6. The van der Waals surface area contributed by atoms with E-state index in [0.29, 0.717) is 11.3 Å². The number of oxazole rings is 1. The minimum absolute atomic E-state index is 0.111. The van der Waals surface area contributed by atoms with Crippen molar-refractivity contribution in [3.8, 4) is 0 Å². The normalized spacial score (nSPS) is 11.3. The summed E-state index contributed by atoms with van der Waals surface area (Å²) in [5.74, 6) is -0.111. The Kier molecular flexibility index (Phi) is 3.84. The summed E-state index contributed by atoms with van der Waals surface area (Å²) in [6, 6.07) is 9.84. The number of amides is 1. The molecule has 3 heterocycles. The molecule has 0 unspecified atom stereocenters. The maximum Gasteiger partial charge on any atom is 0.292 e. The Morgan fingerprint density at radius 1 is 1.27 bits per heavy atom. The van der Waals surface area contributed by atoms with E-state index in [4.69, 9.17) is 15.1 Å². The number of hydrogen-bond donors (Lipinski definition) is 2. The summed E-state index contributed by atoms with van der Waals surface area (Å²) in [4.78, 5) is 20.2. The van der Waals surface area contributed by atoms with Crippen LogP contribution in [0.25, 0.3) is 16.7 Å². The molecule has 0 saturated heterocycles. The van der Waals surface area contributed by atoms with E-state index in [1.807, 2.05) is 47.9 Å². The van der Waals surface area contributed by atoms with Gasteiger partial charge in [0.2, 0.25) is 5.91 Å². The van der Waals surface area contributed by atoms with Crippen LogP contribution >= 0.6 is 0 Å². The third kappa shape index (κ3) is 2.88. The molecule has 1 amide bonds. The third-order valence-corrected chi connectivity index (χ3v) is 4.42. The van der Waals surface area contributed by atoms with Gasteiger partial charge >= 0.3 is 0 Å². The van der Waals surface area contributed by atoms with Gasteiger partial charge in [-0.25, -0.2) is 4.98 Å². The lowest BCUT2D eigenvalue weighted by Gasteiger charge is -2.03. The zero-order valence-corrected chi connectivity index (χ0v) is 14.6. The molecule has 0 spiro atoms. The van der Waals surface area contributed by atoms with E-state index < -0.39 is 0 Å². The first kappa shape index (κ1) is 16.1. The number of aryl methyl sites for hydroxylation is 3. The van der Waals surface area contributed by atoms with Gasteiger partial charge in [-0.2, -0.15) is 4.98 Å². The number of imidazole rings is 1. The number of fused-ring (bicyclic) bond motifs is 2. The van der Waals surface area contributed by atoms with Gasteiger partial charge in [-0.1, -0.05) is 6.07 Å². The molecular formula is C19H19N5O2. The average Bonchev–Trinajstić information content (AvgIpc) is 3.12. The van der Waals surface area contributed by atoms with Crippen molar-refractivity contribution in [2.45, 2.75) is 26.7 Å². The largest absolute Gasteiger partial charge is 0.424 e. The second-order valence-electron chi connectivity index (χ2n) is 6.29. The van der Waals surface area contributed by atoms with Crippen molar-refractivity contribution in [1.29, 1.82) is 0 Å². The Balaban J connectivity index is 1.61. The van der Waals surface area contributed by atoms with Crippen molar-refractivity contribution >= 4 is 34.4 Å². The number of benzene rings is 1. The molecule has 0 aliphatic heterocycles. The highest BCUT2D eigenvalue weighted by atomic mass is 16.4. The fourth-order valence-corrected chi connectivity index (χ4v) is 3.16. The van der Waals surface area contributed by atoms with Gasteiger partial charge in [-0.15, -0.1) is 0 Å². The van der Waals surface area contributed by atoms with Crippen molar-refractivity contribution in [3.05, 3.63) is 53.5 Å². The number of anilines is 2. The van der Waals surface area contributed by atoms with E-state index in [1.165, 1.54) is 6.92 Å². The molecule has 3 N–H and O–H groups in total. The standard InChI is InChI=1S/C19H19N5O2/c1-11-14(22-18-16(21-12(2)25)4-3-9-24(11)18)7-5-13-6-8-15-17(10-13)26-19(20)23-15/h3-4,6,8-10H,5,7H2,1-2H3,(H2,20,23)(H,21,25). The van der Waals surface area contributed by atoms with Crippen molar-refractivity contribution < 1.29 is 9.21 Å². The molecule has 7 heteroatoms. The van der Waals surface area contributed by atoms with E-state index in [1.54, 1.807) is 0 Å². The molecule has 4 rings (SSSR count). The molecule has 1 aromatic carbocycles. The van der Waals surface area contributed by atoms with Crippen molar-refractivity contribution in [1.82, 2.24) is 14.4 Å². The van der Waals surface area contributed by atoms with Crippen LogP contribution in [-0.2, 0) is 17.6 Å². The lowest BCUT2D eigenvalue weighted by Crippen LogP contribution is -2.07. The van der Waals surface area contributed by atoms with Crippen molar-refractivity contribution in [2.24, 2.45) is 0 Å². The predicted octanol–water partition coefficient (Wildman–Crippen LogP) is 3.11. The Morgan fingerprint density at radius 2 is 2.12 bits per heavy atom. The van der Waals surface area contributed by atoms with Crippen LogP contribution in [0.4, 0.5) is 11.7 Å². The van der Waals surface area contributed by atoms with E-state index in [2.05, 4.69) is 10.3 Å². The van der Waals surface area contributed by atoms with Gasteiger partial charge in [0.1, 0.15) is 5.52 Å². The van der Waals surface area contributed by atoms with E-state index >= 15 is 0 Å². The van der Waals surface area contributed by atoms with Gasteiger partial charge in [0.05, 0.1) is 11.4 Å². The number of carbonyl (C=O) groups excluding carboxylic acids is 1. The second-order valence-corrected chi connectivity index (χ2v) is 6.29. The molecule has 4 aromatic rings. The van der Waals surface area contributed by atoms with Gasteiger partial charge in [-0.3, -0.25) is 4.79 Å². The molecule has 0 radical (unpaired) electrons. The van der Waals surface area contributed by atoms with Crippen LogP contribution in [0.5, 0.6) is 0 Å². The summed E-state index contributed by atoms with van der Waals surface area (Å²) < 4.78 is 7.39. The Labute approximate surface area is 149 Å². The topological polar surface area (TPSA) is 98.5 Å². The zero-order chi connectivity index (χ0) is 18.3. The predicted molar refractivity (Wildman–Crippen MR) is 100 cm³/mol. The fourth-order valence-electron chi connectivity index (χ4n) is 3.16. The summed E-state index contributed by atoms with van der Waals surface area (Å²) in [5, 5.41) is 2.83. The third-order valence-electron chi connectivity index (χ3n) is 4.42. The Morgan fingerprint density at radius 3 is 2.92 bits per heavy atom. The van der Waals surface area contributed by atoms with Gasteiger partial charge in [0, 0.05) is 18.8 Å². The molecular weight excluding hydrogens is 330 g/mol. The molecule has 0 aliphatic rings. The van der Waals surface area contributed by atoms with Crippen LogP contribution in [0.2, 0.25) is 0 Å². The highest BCUT2D eigenvalue weighted by Gasteiger charge is 2.12. The van der Waals surface area contributed by atoms with Crippen LogP contribution in [-0.4, -0.2) is 20.3 Å². The maximum absolute atomic E-state index is 11.4. The van der Waals surface area contributed by atoms with Crippen LogP contribution in [0, 0.1) is 6.92 Å². The lowest BCUT2D eigenvalue weighted by atomic mass is 10.1. The molecule has 132 valence electrons. The number of pyridine rings is 1. The summed E-state index contributed by atoms with van der Waals surface area (Å²) in [6.45, 7) is 3.53. The molecule has 0 aliphatic carbocycles. The average molecular weight is 349 g/mol. The van der Waals surface area contributed by atoms with Gasteiger partial charge in [0.15, 0.2) is 11.2 Å². The molecule has 0 bridgehead atoms. The van der Waals surface area contributed by atoms with Crippen LogP contribution in [0.15, 0.2) is 40.9 Å². The summed E-state index contributed by atoms with van der Waals surface area (Å²) in [6.07, 6.45) is 3.55. The highest BCUT2D eigenvalue weighted by molar-refractivity contribution is 5.92. The summed E-state index contributed by atoms with van der Waals surface area (Å²) >= 11 is 0. The molecule has 0 atom stereocenters. The number of nitrogens with one attached hydrogen (secondary N) is 1. The minimum atomic E-state index is -0.111. The van der Waals surface area contributed by atoms with Crippen LogP contribution < -0.4 is 11.1 Å². The fraction of sp³-hybridized carbons (Fsp3) is 0.211. The van der Waals surface area contributed by atoms with E-state index in [9.17, 15) is 4.79 Å². The number of hydrogen-bond acceptors (Lipinski definition) is 5. The molecule has 7 nitrogen and oxygen atoms in total. The van der Waals surface area contributed by atoms with E-state index in [0.717, 1.165) is 41.0 Å². The summed E-state index contributed by atoms with van der Waals surface area (Å²) in [7, 11) is 0. The number of carbonyl (C=O) groups is 1. The lowest BCUT2D eigenvalue weighted by molar-refractivity contribution is -0.114. The van der Waals surface area contributed by atoms with Crippen LogP contribution in [0.3, 0.4) is 0 Å². The number of nitrogens with two attached hydrogens (primary N) is 1. The summed E-state index contributed by atoms with van der Waals surface area (Å²) in [5.41, 5.74) is 11.7. The Hall–Kier alpha value is -3.35. The van der Waals surface area contributed by atoms with Gasteiger partial charge in [-0.05, 0) is 49.6 Å². The van der Waals surface area contributed by atoms with Gasteiger partial charge in [0.25, 0.3) is 6.01 Å². The van der Waals surface area contributed by atoms with Crippen molar-refractivity contribution in [2.75, 3.05) is 11.1 Å². The molecule has 0 fully saturated rings. The highest BCUT2D eigenvalue weighted by Crippen LogP contribution is 2.22. The van der Waals surface area contributed by atoms with Crippen LogP contribution in [0.1, 0.15) is 23.9 Å². The first-order chi connectivity index (χ1) is 12.5. The number of rotatable bonds is 4. The second kappa shape index (κ2) is 6.18. The number of aromatic nitrogens is 3. The van der Waals surface area contributed by atoms with Crippen molar-refractivity contribution in [3.63, 3.8) is 0 Å². The monoisotopic (exact) mass is 349 g/mol. The number of nitrogen functional groups attached to an aromatic ring is 1. The quantitative estimate of drug-likeness (QED) is 0.590. The molecule has 3 aromatic heterocycles. The maximum atomic E-state index is 11.4.